The summed E-state index contributed by atoms with van der Waals surface area (Å²) < 4.78 is 0. The number of nitrogens with two attached hydrogens (primary N) is 1. The minimum Gasteiger partial charge on any atom is -0.508 e. The van der Waals surface area contributed by atoms with Crippen molar-refractivity contribution in [1.82, 2.24) is 0 Å². The summed E-state index contributed by atoms with van der Waals surface area (Å²) in [7, 11) is 0. The van der Waals surface area contributed by atoms with Gasteiger partial charge in [-0.05, 0) is 37.2 Å². The lowest BCUT2D eigenvalue weighted by atomic mass is 10.1. The molecule has 1 atom stereocenters. The van der Waals surface area contributed by atoms with E-state index in [1.807, 2.05) is 6.92 Å². The lowest BCUT2D eigenvalue weighted by molar-refractivity contribution is -0.119. The highest BCUT2D eigenvalue weighted by molar-refractivity contribution is 5.92. The molecule has 4 heteroatoms. The molecule has 0 spiro atoms. The van der Waals surface area contributed by atoms with Crippen LogP contribution in [-0.4, -0.2) is 17.6 Å². The normalized spacial score (nSPS) is 12.1. The minimum atomic E-state index is -0.0937. The summed E-state index contributed by atoms with van der Waals surface area (Å²) in [5.41, 5.74) is 6.05. The highest BCUT2D eigenvalue weighted by Gasteiger charge is 2.11. The summed E-state index contributed by atoms with van der Waals surface area (Å²) in [5.74, 6) is 0.0398. The first kappa shape index (κ1) is 11.5. The number of hydrogen-bond acceptors (Lipinski definition) is 3. The van der Waals surface area contributed by atoms with Crippen LogP contribution in [0.5, 0.6) is 5.75 Å². The first-order valence-corrected chi connectivity index (χ1v) is 4.93. The van der Waals surface area contributed by atoms with Gasteiger partial charge in [-0.1, -0.05) is 6.92 Å². The van der Waals surface area contributed by atoms with E-state index in [-0.39, 0.29) is 17.6 Å². The van der Waals surface area contributed by atoms with Gasteiger partial charge in [0, 0.05) is 11.6 Å². The number of aromatic hydroxyl groups is 1. The van der Waals surface area contributed by atoms with Gasteiger partial charge in [0.25, 0.3) is 0 Å². The van der Waals surface area contributed by atoms with Gasteiger partial charge in [-0.3, -0.25) is 4.79 Å². The van der Waals surface area contributed by atoms with Crippen LogP contribution in [0.3, 0.4) is 0 Å². The van der Waals surface area contributed by atoms with E-state index < -0.39 is 0 Å². The van der Waals surface area contributed by atoms with E-state index in [1.54, 1.807) is 12.1 Å². The van der Waals surface area contributed by atoms with Crippen molar-refractivity contribution in [2.75, 3.05) is 11.9 Å². The van der Waals surface area contributed by atoms with Gasteiger partial charge in [-0.15, -0.1) is 0 Å². The number of rotatable bonds is 4. The maximum Gasteiger partial charge on any atom is 0.227 e. The molecule has 1 aromatic carbocycles. The molecular weight excluding hydrogens is 192 g/mol. The van der Waals surface area contributed by atoms with Gasteiger partial charge in [-0.25, -0.2) is 0 Å². The molecule has 82 valence electrons. The Kier molecular flexibility index (Phi) is 4.12. The van der Waals surface area contributed by atoms with E-state index in [0.29, 0.717) is 18.7 Å². The van der Waals surface area contributed by atoms with Gasteiger partial charge in [0.1, 0.15) is 5.75 Å². The molecule has 4 N–H and O–H groups in total. The van der Waals surface area contributed by atoms with Gasteiger partial charge in [0.15, 0.2) is 0 Å². The standard InChI is InChI=1S/C11H16N2O2/c1-8(6-7-12)11(15)13-9-2-4-10(14)5-3-9/h2-5,8,14H,6-7,12H2,1H3,(H,13,15). The van der Waals surface area contributed by atoms with Gasteiger partial charge < -0.3 is 16.2 Å². The van der Waals surface area contributed by atoms with Crippen molar-refractivity contribution in [3.05, 3.63) is 24.3 Å². The van der Waals surface area contributed by atoms with Crippen LogP contribution in [0.25, 0.3) is 0 Å². The number of benzene rings is 1. The van der Waals surface area contributed by atoms with Crippen LogP contribution >= 0.6 is 0 Å². The topological polar surface area (TPSA) is 75.4 Å². The van der Waals surface area contributed by atoms with Crippen LogP contribution in [0.15, 0.2) is 24.3 Å². The molecule has 1 aromatic rings. The zero-order valence-corrected chi connectivity index (χ0v) is 8.73. The van der Waals surface area contributed by atoms with Crippen molar-refractivity contribution in [2.45, 2.75) is 13.3 Å². The van der Waals surface area contributed by atoms with E-state index in [4.69, 9.17) is 10.8 Å². The van der Waals surface area contributed by atoms with Crippen molar-refractivity contribution in [3.8, 4) is 5.75 Å². The SMILES string of the molecule is CC(CCN)C(=O)Nc1ccc(O)cc1. The summed E-state index contributed by atoms with van der Waals surface area (Å²) in [6.07, 6.45) is 0.671. The number of phenolic OH excluding ortho intramolecular Hbond substituents is 1. The molecule has 0 bridgehead atoms. The smallest absolute Gasteiger partial charge is 0.227 e. The van der Waals surface area contributed by atoms with Gasteiger partial charge >= 0.3 is 0 Å². The Labute approximate surface area is 89.1 Å². The van der Waals surface area contributed by atoms with Gasteiger partial charge in [0.05, 0.1) is 0 Å². The molecule has 1 unspecified atom stereocenters. The van der Waals surface area contributed by atoms with Crippen LogP contribution in [0.4, 0.5) is 5.69 Å². The summed E-state index contributed by atoms with van der Waals surface area (Å²) >= 11 is 0. The van der Waals surface area contributed by atoms with Crippen LogP contribution in [0.2, 0.25) is 0 Å². The molecule has 0 radical (unpaired) electrons. The molecule has 0 fully saturated rings. The van der Waals surface area contributed by atoms with Crippen LogP contribution in [-0.2, 0) is 4.79 Å². The summed E-state index contributed by atoms with van der Waals surface area (Å²) in [4.78, 5) is 11.6. The van der Waals surface area contributed by atoms with Gasteiger partial charge in [0.2, 0.25) is 5.91 Å². The van der Waals surface area contributed by atoms with Crippen molar-refractivity contribution >= 4 is 11.6 Å². The summed E-state index contributed by atoms with van der Waals surface area (Å²) in [6, 6.07) is 6.37. The van der Waals surface area contributed by atoms with E-state index in [2.05, 4.69) is 5.32 Å². The van der Waals surface area contributed by atoms with Gasteiger partial charge in [-0.2, -0.15) is 0 Å². The molecule has 0 aromatic heterocycles. The van der Waals surface area contributed by atoms with E-state index in [9.17, 15) is 4.79 Å². The second-order valence-corrected chi connectivity index (χ2v) is 3.51. The molecule has 0 aliphatic heterocycles. The predicted octanol–water partition coefficient (Wildman–Crippen LogP) is 1.32. The third-order valence-corrected chi connectivity index (χ3v) is 2.18. The van der Waals surface area contributed by atoms with Crippen molar-refractivity contribution in [3.63, 3.8) is 0 Å². The molecule has 4 nitrogen and oxygen atoms in total. The third kappa shape index (κ3) is 3.59. The van der Waals surface area contributed by atoms with E-state index in [1.165, 1.54) is 12.1 Å². The Bertz CT molecular complexity index is 322. The molecule has 0 aliphatic carbocycles. The highest BCUT2D eigenvalue weighted by Crippen LogP contribution is 2.14. The molecule has 1 rings (SSSR count). The Hall–Kier alpha value is -1.55. The summed E-state index contributed by atoms with van der Waals surface area (Å²) in [5, 5.41) is 11.8. The maximum absolute atomic E-state index is 11.6. The Morgan fingerprint density at radius 1 is 1.47 bits per heavy atom. The first-order valence-electron chi connectivity index (χ1n) is 4.93. The lowest BCUT2D eigenvalue weighted by Crippen LogP contribution is -2.22. The van der Waals surface area contributed by atoms with Crippen LogP contribution in [0, 0.1) is 5.92 Å². The third-order valence-electron chi connectivity index (χ3n) is 2.18. The second kappa shape index (κ2) is 5.36. The maximum atomic E-state index is 11.6. The molecule has 15 heavy (non-hydrogen) atoms. The molecule has 0 heterocycles. The zero-order valence-electron chi connectivity index (χ0n) is 8.73. The fourth-order valence-electron chi connectivity index (χ4n) is 1.19. The minimum absolute atomic E-state index is 0.0499. The molecule has 1 amide bonds. The highest BCUT2D eigenvalue weighted by atomic mass is 16.3. The number of hydrogen-bond donors (Lipinski definition) is 3. The van der Waals surface area contributed by atoms with Crippen LogP contribution in [0.1, 0.15) is 13.3 Å². The average molecular weight is 208 g/mol. The number of nitrogens with one attached hydrogen (secondary N) is 1. The van der Waals surface area contributed by atoms with Crippen LogP contribution < -0.4 is 11.1 Å². The fourth-order valence-corrected chi connectivity index (χ4v) is 1.19. The molecule has 0 saturated heterocycles. The number of carbonyl (C=O) groups is 1. The largest absolute Gasteiger partial charge is 0.508 e. The number of anilines is 1. The fraction of sp³-hybridized carbons (Fsp3) is 0.364. The Morgan fingerprint density at radius 3 is 2.60 bits per heavy atom. The van der Waals surface area contributed by atoms with Crippen molar-refractivity contribution in [1.29, 1.82) is 0 Å². The molecule has 0 saturated carbocycles. The Balaban J connectivity index is 2.54. The van der Waals surface area contributed by atoms with E-state index >= 15 is 0 Å². The quantitative estimate of drug-likeness (QED) is 0.653. The first-order chi connectivity index (χ1) is 7.13. The van der Waals surface area contributed by atoms with Crippen molar-refractivity contribution in [2.24, 2.45) is 11.7 Å². The molecular formula is C11H16N2O2. The lowest BCUT2D eigenvalue weighted by Gasteiger charge is -2.10. The predicted molar refractivity (Wildman–Crippen MR) is 59.6 cm³/mol. The number of amides is 1. The van der Waals surface area contributed by atoms with E-state index in [0.717, 1.165) is 0 Å². The number of phenols is 1. The van der Waals surface area contributed by atoms with Crippen molar-refractivity contribution < 1.29 is 9.90 Å². The number of carbonyl (C=O) groups excluding carboxylic acids is 1. The monoisotopic (exact) mass is 208 g/mol. The Morgan fingerprint density at radius 2 is 2.07 bits per heavy atom. The zero-order chi connectivity index (χ0) is 11.3. The summed E-state index contributed by atoms with van der Waals surface area (Å²) in [6.45, 7) is 2.34. The second-order valence-electron chi connectivity index (χ2n) is 3.51. The average Bonchev–Trinajstić information content (AvgIpc) is 2.22. The molecule has 0 aliphatic rings.